The Balaban J connectivity index is 2.63. The summed E-state index contributed by atoms with van der Waals surface area (Å²) in [5, 5.41) is 8.54. The standard InChI is InChI=1S/C7H10N2O2S/c8-2-5(1-7(10)11)6-3-9-4-12-6/h3-5H,1-2,8H2,(H,10,11). The quantitative estimate of drug-likeness (QED) is 0.724. The molecule has 0 aliphatic rings. The third kappa shape index (κ3) is 2.28. The molecular formula is C7H10N2O2S. The Morgan fingerprint density at radius 3 is 3.00 bits per heavy atom. The summed E-state index contributed by atoms with van der Waals surface area (Å²) in [6.07, 6.45) is 1.75. The van der Waals surface area contributed by atoms with Gasteiger partial charge >= 0.3 is 5.97 Å². The van der Waals surface area contributed by atoms with Gasteiger partial charge in [-0.3, -0.25) is 9.78 Å². The molecule has 1 rings (SSSR count). The first-order chi connectivity index (χ1) is 5.74. The van der Waals surface area contributed by atoms with Crippen molar-refractivity contribution in [1.29, 1.82) is 0 Å². The van der Waals surface area contributed by atoms with Crippen LogP contribution in [0.2, 0.25) is 0 Å². The Labute approximate surface area is 74.0 Å². The van der Waals surface area contributed by atoms with Gasteiger partial charge in [-0.25, -0.2) is 0 Å². The van der Waals surface area contributed by atoms with Crippen LogP contribution in [-0.2, 0) is 4.79 Å². The fraction of sp³-hybridized carbons (Fsp3) is 0.429. The first-order valence-corrected chi connectivity index (χ1v) is 4.42. The summed E-state index contributed by atoms with van der Waals surface area (Å²) in [7, 11) is 0. The maximum absolute atomic E-state index is 10.4. The Morgan fingerprint density at radius 2 is 2.58 bits per heavy atom. The fourth-order valence-electron chi connectivity index (χ4n) is 0.938. The summed E-state index contributed by atoms with van der Waals surface area (Å²) in [6, 6.07) is 0. The molecule has 0 saturated heterocycles. The molecule has 0 fully saturated rings. The minimum absolute atomic E-state index is 0.0820. The summed E-state index contributed by atoms with van der Waals surface area (Å²) in [5.41, 5.74) is 7.11. The highest BCUT2D eigenvalue weighted by Gasteiger charge is 2.14. The van der Waals surface area contributed by atoms with Crippen LogP contribution < -0.4 is 5.73 Å². The zero-order chi connectivity index (χ0) is 8.97. The Hall–Kier alpha value is -0.940. The van der Waals surface area contributed by atoms with Crippen molar-refractivity contribution in [2.75, 3.05) is 6.54 Å². The zero-order valence-electron chi connectivity index (χ0n) is 6.43. The molecule has 1 unspecified atom stereocenters. The van der Waals surface area contributed by atoms with Gasteiger partial charge in [0, 0.05) is 23.5 Å². The normalized spacial score (nSPS) is 12.8. The van der Waals surface area contributed by atoms with Gasteiger partial charge in [-0.2, -0.15) is 0 Å². The van der Waals surface area contributed by atoms with Crippen molar-refractivity contribution in [3.63, 3.8) is 0 Å². The number of carbonyl (C=O) groups is 1. The lowest BCUT2D eigenvalue weighted by molar-refractivity contribution is -0.137. The van der Waals surface area contributed by atoms with Crippen molar-refractivity contribution in [3.05, 3.63) is 16.6 Å². The Bertz CT molecular complexity index is 248. The van der Waals surface area contributed by atoms with Crippen molar-refractivity contribution in [2.24, 2.45) is 5.73 Å². The van der Waals surface area contributed by atoms with E-state index in [1.165, 1.54) is 11.3 Å². The molecule has 4 nitrogen and oxygen atoms in total. The van der Waals surface area contributed by atoms with E-state index in [-0.39, 0.29) is 12.3 Å². The van der Waals surface area contributed by atoms with Crippen molar-refractivity contribution >= 4 is 17.3 Å². The third-order valence-electron chi connectivity index (χ3n) is 1.56. The summed E-state index contributed by atoms with van der Waals surface area (Å²) >= 11 is 1.44. The van der Waals surface area contributed by atoms with E-state index in [0.29, 0.717) is 6.54 Å². The molecule has 0 bridgehead atoms. The van der Waals surface area contributed by atoms with Gasteiger partial charge in [-0.15, -0.1) is 11.3 Å². The van der Waals surface area contributed by atoms with E-state index < -0.39 is 5.97 Å². The molecule has 5 heteroatoms. The maximum Gasteiger partial charge on any atom is 0.304 e. The lowest BCUT2D eigenvalue weighted by Gasteiger charge is -2.07. The molecule has 0 aromatic carbocycles. The van der Waals surface area contributed by atoms with Crippen molar-refractivity contribution in [2.45, 2.75) is 12.3 Å². The van der Waals surface area contributed by atoms with Crippen LogP contribution in [0.1, 0.15) is 17.2 Å². The van der Waals surface area contributed by atoms with Crippen molar-refractivity contribution < 1.29 is 9.90 Å². The average molecular weight is 186 g/mol. The second kappa shape index (κ2) is 4.18. The van der Waals surface area contributed by atoms with Crippen LogP contribution >= 0.6 is 11.3 Å². The largest absolute Gasteiger partial charge is 0.481 e. The predicted molar refractivity (Wildman–Crippen MR) is 46.2 cm³/mol. The summed E-state index contributed by atoms with van der Waals surface area (Å²) in [4.78, 5) is 15.2. The van der Waals surface area contributed by atoms with E-state index in [0.717, 1.165) is 4.88 Å². The van der Waals surface area contributed by atoms with E-state index in [9.17, 15) is 4.79 Å². The minimum atomic E-state index is -0.821. The zero-order valence-corrected chi connectivity index (χ0v) is 7.25. The van der Waals surface area contributed by atoms with Crippen LogP contribution in [0.4, 0.5) is 0 Å². The molecule has 0 spiro atoms. The van der Waals surface area contributed by atoms with Crippen LogP contribution in [0.15, 0.2) is 11.7 Å². The van der Waals surface area contributed by atoms with Crippen LogP contribution in [0, 0.1) is 0 Å². The van der Waals surface area contributed by atoms with Gasteiger partial charge in [-0.1, -0.05) is 0 Å². The third-order valence-corrected chi connectivity index (χ3v) is 2.50. The molecule has 0 amide bonds. The number of nitrogens with two attached hydrogens (primary N) is 1. The number of hydrogen-bond donors (Lipinski definition) is 2. The lowest BCUT2D eigenvalue weighted by Crippen LogP contribution is -2.15. The molecule has 1 aromatic rings. The number of carboxylic acid groups (broad SMARTS) is 1. The van der Waals surface area contributed by atoms with E-state index in [1.807, 2.05) is 0 Å². The van der Waals surface area contributed by atoms with Crippen LogP contribution in [0.5, 0.6) is 0 Å². The van der Waals surface area contributed by atoms with Crippen LogP contribution in [0.25, 0.3) is 0 Å². The smallest absolute Gasteiger partial charge is 0.304 e. The van der Waals surface area contributed by atoms with Gasteiger partial charge in [0.15, 0.2) is 0 Å². The summed E-state index contributed by atoms with van der Waals surface area (Å²) in [5.74, 6) is -0.908. The van der Waals surface area contributed by atoms with E-state index in [4.69, 9.17) is 10.8 Å². The van der Waals surface area contributed by atoms with Gasteiger partial charge in [-0.05, 0) is 0 Å². The second-order valence-electron chi connectivity index (χ2n) is 2.43. The number of thiazole rings is 1. The fourth-order valence-corrected chi connectivity index (χ4v) is 1.68. The molecule has 0 saturated carbocycles. The average Bonchev–Trinajstić information content (AvgIpc) is 2.51. The number of carboxylic acids is 1. The summed E-state index contributed by atoms with van der Waals surface area (Å²) < 4.78 is 0. The van der Waals surface area contributed by atoms with E-state index in [1.54, 1.807) is 11.7 Å². The highest BCUT2D eigenvalue weighted by atomic mass is 32.1. The highest BCUT2D eigenvalue weighted by molar-refractivity contribution is 7.09. The van der Waals surface area contributed by atoms with Crippen LogP contribution in [0.3, 0.4) is 0 Å². The number of hydrogen-bond acceptors (Lipinski definition) is 4. The maximum atomic E-state index is 10.4. The van der Waals surface area contributed by atoms with Crippen molar-refractivity contribution in [1.82, 2.24) is 4.98 Å². The number of aliphatic carboxylic acids is 1. The molecule has 0 radical (unpaired) electrons. The second-order valence-corrected chi connectivity index (χ2v) is 3.35. The molecule has 66 valence electrons. The molecule has 3 N–H and O–H groups in total. The van der Waals surface area contributed by atoms with Gasteiger partial charge < -0.3 is 10.8 Å². The molecule has 0 aliphatic carbocycles. The summed E-state index contributed by atoms with van der Waals surface area (Å²) in [6.45, 7) is 0.356. The number of nitrogens with zero attached hydrogens (tertiary/aromatic N) is 1. The minimum Gasteiger partial charge on any atom is -0.481 e. The van der Waals surface area contributed by atoms with Gasteiger partial charge in [0.1, 0.15) is 0 Å². The molecule has 0 aliphatic heterocycles. The number of rotatable bonds is 4. The highest BCUT2D eigenvalue weighted by Crippen LogP contribution is 2.21. The SMILES string of the molecule is NCC(CC(=O)O)c1cncs1. The first kappa shape index (κ1) is 9.15. The van der Waals surface area contributed by atoms with Gasteiger partial charge in [0.25, 0.3) is 0 Å². The monoisotopic (exact) mass is 186 g/mol. The Morgan fingerprint density at radius 1 is 1.83 bits per heavy atom. The van der Waals surface area contributed by atoms with Gasteiger partial charge in [0.05, 0.1) is 11.9 Å². The number of aromatic nitrogens is 1. The van der Waals surface area contributed by atoms with E-state index >= 15 is 0 Å². The predicted octanol–water partition coefficient (Wildman–Crippen LogP) is 0.660. The van der Waals surface area contributed by atoms with Crippen LogP contribution in [-0.4, -0.2) is 22.6 Å². The molecule has 1 aromatic heterocycles. The Kier molecular flexibility index (Phi) is 3.19. The van der Waals surface area contributed by atoms with E-state index in [2.05, 4.69) is 4.98 Å². The topological polar surface area (TPSA) is 76.2 Å². The molecule has 1 heterocycles. The first-order valence-electron chi connectivity index (χ1n) is 3.54. The molecular weight excluding hydrogens is 176 g/mol. The lowest BCUT2D eigenvalue weighted by atomic mass is 10.1. The molecule has 1 atom stereocenters. The van der Waals surface area contributed by atoms with Crippen molar-refractivity contribution in [3.8, 4) is 0 Å². The molecule has 12 heavy (non-hydrogen) atoms. The van der Waals surface area contributed by atoms with Gasteiger partial charge in [0.2, 0.25) is 0 Å².